The van der Waals surface area contributed by atoms with Crippen molar-refractivity contribution < 1.29 is 8.42 Å². The molecular formula is C21H26N2O2S. The molecule has 3 rings (SSSR count). The summed E-state index contributed by atoms with van der Waals surface area (Å²) in [5.74, 6) is 0. The average molecular weight is 371 g/mol. The van der Waals surface area contributed by atoms with E-state index in [0.29, 0.717) is 4.90 Å². The molecule has 1 heterocycles. The first kappa shape index (κ1) is 19.9. The van der Waals surface area contributed by atoms with E-state index >= 15 is 0 Å². The molecule has 0 bridgehead atoms. The summed E-state index contributed by atoms with van der Waals surface area (Å²) in [6, 6.07) is 19.2. The lowest BCUT2D eigenvalue weighted by atomic mass is 10.0. The van der Waals surface area contributed by atoms with Crippen LogP contribution >= 0.6 is 0 Å². The van der Waals surface area contributed by atoms with Crippen LogP contribution in [-0.4, -0.2) is 45.7 Å². The third kappa shape index (κ3) is 5.31. The van der Waals surface area contributed by atoms with Crippen molar-refractivity contribution in [2.45, 2.75) is 11.8 Å². The van der Waals surface area contributed by atoms with E-state index in [9.17, 15) is 8.42 Å². The van der Waals surface area contributed by atoms with Crippen molar-refractivity contribution in [3.05, 3.63) is 66.4 Å². The lowest BCUT2D eigenvalue weighted by Crippen LogP contribution is -1.99. The second-order valence-electron chi connectivity index (χ2n) is 6.75. The van der Waals surface area contributed by atoms with Gasteiger partial charge >= 0.3 is 0 Å². The second-order valence-corrected chi connectivity index (χ2v) is 8.76. The minimum Gasteiger partial charge on any atom is -0.358 e. The zero-order valence-corrected chi connectivity index (χ0v) is 16.8. The Kier molecular flexibility index (Phi) is 6.40. The fourth-order valence-electron chi connectivity index (χ4n) is 2.53. The molecule has 5 heteroatoms. The molecule has 0 aliphatic rings. The fourth-order valence-corrected chi connectivity index (χ4v) is 3.16. The van der Waals surface area contributed by atoms with E-state index in [0.717, 1.165) is 28.1 Å². The topological polar surface area (TPSA) is 53.2 Å². The maximum Gasteiger partial charge on any atom is 0.175 e. The predicted octanol–water partition coefficient (Wildman–Crippen LogP) is 4.24. The summed E-state index contributed by atoms with van der Waals surface area (Å²) in [5, 5.41) is 0. The number of benzene rings is 2. The van der Waals surface area contributed by atoms with Crippen LogP contribution < -0.4 is 0 Å². The molecule has 0 aliphatic heterocycles. The Labute approximate surface area is 156 Å². The predicted molar refractivity (Wildman–Crippen MR) is 109 cm³/mol. The summed E-state index contributed by atoms with van der Waals surface area (Å²) in [6.45, 7) is 2.01. The maximum atomic E-state index is 11.6. The van der Waals surface area contributed by atoms with Crippen LogP contribution in [0.3, 0.4) is 0 Å². The van der Waals surface area contributed by atoms with Crippen molar-refractivity contribution >= 4 is 9.84 Å². The van der Waals surface area contributed by atoms with Gasteiger partial charge in [0.25, 0.3) is 0 Å². The van der Waals surface area contributed by atoms with Gasteiger partial charge in [0.2, 0.25) is 0 Å². The van der Waals surface area contributed by atoms with Crippen molar-refractivity contribution in [3.63, 3.8) is 0 Å². The number of H-pyrrole nitrogens is 1. The van der Waals surface area contributed by atoms with Crippen LogP contribution in [0.5, 0.6) is 0 Å². The highest BCUT2D eigenvalue weighted by Gasteiger charge is 2.12. The summed E-state index contributed by atoms with van der Waals surface area (Å²) in [7, 11) is 2.83. The van der Waals surface area contributed by atoms with E-state index in [4.69, 9.17) is 0 Å². The summed E-state index contributed by atoms with van der Waals surface area (Å²) in [6.07, 6.45) is 1.22. The van der Waals surface area contributed by atoms with Crippen LogP contribution in [0.4, 0.5) is 0 Å². The van der Waals surface area contributed by atoms with Crippen molar-refractivity contribution in [1.29, 1.82) is 0 Å². The Morgan fingerprint density at radius 2 is 1.38 bits per heavy atom. The maximum absolute atomic E-state index is 11.6. The zero-order valence-electron chi connectivity index (χ0n) is 15.9. The highest BCUT2D eigenvalue weighted by Crippen LogP contribution is 2.32. The quantitative estimate of drug-likeness (QED) is 0.750. The highest BCUT2D eigenvalue weighted by molar-refractivity contribution is 7.90. The molecule has 0 spiro atoms. The van der Waals surface area contributed by atoms with E-state index in [1.165, 1.54) is 6.26 Å². The van der Waals surface area contributed by atoms with Gasteiger partial charge in [-0.3, -0.25) is 0 Å². The van der Waals surface area contributed by atoms with E-state index in [2.05, 4.69) is 23.2 Å². The number of sulfone groups is 1. The smallest absolute Gasteiger partial charge is 0.175 e. The molecular weight excluding hydrogens is 344 g/mol. The highest BCUT2D eigenvalue weighted by atomic mass is 32.2. The van der Waals surface area contributed by atoms with Crippen molar-refractivity contribution in [3.8, 4) is 22.4 Å². The molecule has 0 saturated heterocycles. The minimum absolute atomic E-state index is 0.334. The molecule has 0 fully saturated rings. The molecule has 4 nitrogen and oxygen atoms in total. The molecule has 0 unspecified atom stereocenters. The SMILES string of the molecule is CN(C)C.Cc1cc(-c2ccccc2)c(-c2ccc(S(C)(=O)=O)cc2)[nH]1. The summed E-state index contributed by atoms with van der Waals surface area (Å²) >= 11 is 0. The number of hydrogen-bond acceptors (Lipinski definition) is 3. The van der Waals surface area contributed by atoms with E-state index in [1.807, 2.05) is 63.3 Å². The normalized spacial score (nSPS) is 11.2. The van der Waals surface area contributed by atoms with Crippen LogP contribution in [0.2, 0.25) is 0 Å². The number of rotatable bonds is 3. The van der Waals surface area contributed by atoms with Crippen LogP contribution in [0.15, 0.2) is 65.6 Å². The molecule has 2 aromatic carbocycles. The molecule has 138 valence electrons. The molecule has 0 radical (unpaired) electrons. The first-order valence-electron chi connectivity index (χ1n) is 8.35. The van der Waals surface area contributed by atoms with Crippen LogP contribution in [0.25, 0.3) is 22.4 Å². The Hall–Kier alpha value is -2.37. The van der Waals surface area contributed by atoms with Gasteiger partial charge in [-0.05, 0) is 57.4 Å². The van der Waals surface area contributed by atoms with E-state index in [-0.39, 0.29) is 0 Å². The fraction of sp³-hybridized carbons (Fsp3) is 0.238. The number of aryl methyl sites for hydroxylation is 1. The van der Waals surface area contributed by atoms with Crippen LogP contribution in [-0.2, 0) is 9.84 Å². The first-order chi connectivity index (χ1) is 12.2. The summed E-state index contributed by atoms with van der Waals surface area (Å²) < 4.78 is 23.1. The number of aromatic amines is 1. The molecule has 0 aliphatic carbocycles. The van der Waals surface area contributed by atoms with Gasteiger partial charge in [0, 0.05) is 17.5 Å². The summed E-state index contributed by atoms with van der Waals surface area (Å²) in [4.78, 5) is 5.70. The number of hydrogen-bond donors (Lipinski definition) is 1. The Bertz CT molecular complexity index is 939. The zero-order chi connectivity index (χ0) is 19.3. The van der Waals surface area contributed by atoms with Gasteiger partial charge < -0.3 is 9.88 Å². The monoisotopic (exact) mass is 370 g/mol. The van der Waals surface area contributed by atoms with Crippen molar-refractivity contribution in [2.75, 3.05) is 27.4 Å². The van der Waals surface area contributed by atoms with Crippen molar-refractivity contribution in [2.24, 2.45) is 0 Å². The second kappa shape index (κ2) is 8.34. The third-order valence-electron chi connectivity index (χ3n) is 3.61. The van der Waals surface area contributed by atoms with Gasteiger partial charge in [-0.1, -0.05) is 42.5 Å². The van der Waals surface area contributed by atoms with Crippen molar-refractivity contribution in [1.82, 2.24) is 9.88 Å². The molecule has 0 atom stereocenters. The van der Waals surface area contributed by atoms with Gasteiger partial charge in [-0.2, -0.15) is 0 Å². The van der Waals surface area contributed by atoms with Crippen LogP contribution in [0.1, 0.15) is 5.69 Å². The molecule has 0 amide bonds. The molecule has 1 aromatic heterocycles. The lowest BCUT2D eigenvalue weighted by Gasteiger charge is -2.06. The third-order valence-corrected chi connectivity index (χ3v) is 4.74. The van der Waals surface area contributed by atoms with Gasteiger partial charge in [0.05, 0.1) is 10.6 Å². The molecule has 3 aromatic rings. The van der Waals surface area contributed by atoms with Gasteiger partial charge in [0.1, 0.15) is 0 Å². The van der Waals surface area contributed by atoms with E-state index in [1.54, 1.807) is 12.1 Å². The summed E-state index contributed by atoms with van der Waals surface area (Å²) in [5.41, 5.74) is 5.29. The number of nitrogens with one attached hydrogen (secondary N) is 1. The van der Waals surface area contributed by atoms with Gasteiger partial charge in [-0.15, -0.1) is 0 Å². The Morgan fingerprint density at radius 3 is 1.88 bits per heavy atom. The standard InChI is InChI=1S/C18H17NO2S.C3H9N/c1-13-12-17(14-6-4-3-5-7-14)18(19-13)15-8-10-16(11-9-15)22(2,20)21;1-4(2)3/h3-12,19H,1-2H3;1-3H3. The average Bonchev–Trinajstić information content (AvgIpc) is 2.96. The van der Waals surface area contributed by atoms with Gasteiger partial charge in [-0.25, -0.2) is 8.42 Å². The van der Waals surface area contributed by atoms with Gasteiger partial charge in [0.15, 0.2) is 9.84 Å². The minimum atomic E-state index is -3.17. The first-order valence-corrected chi connectivity index (χ1v) is 10.2. The molecule has 1 N–H and O–H groups in total. The van der Waals surface area contributed by atoms with Crippen LogP contribution in [0, 0.1) is 6.92 Å². The lowest BCUT2D eigenvalue weighted by molar-refractivity contribution is 0.505. The Morgan fingerprint density at radius 1 is 0.846 bits per heavy atom. The largest absolute Gasteiger partial charge is 0.358 e. The molecule has 0 saturated carbocycles. The number of nitrogens with zero attached hydrogens (tertiary/aromatic N) is 1. The molecule has 26 heavy (non-hydrogen) atoms. The number of aromatic nitrogens is 1. The Balaban J connectivity index is 0.000000552. The van der Waals surface area contributed by atoms with E-state index < -0.39 is 9.84 Å².